The lowest BCUT2D eigenvalue weighted by atomic mass is 9.84. The molecule has 0 amide bonds. The molecule has 0 saturated carbocycles. The van der Waals surface area contributed by atoms with E-state index in [4.69, 9.17) is 9.47 Å². The molecule has 132 valence electrons. The molecule has 1 aliphatic rings. The van der Waals surface area contributed by atoms with Crippen molar-refractivity contribution in [2.24, 2.45) is 0 Å². The van der Waals surface area contributed by atoms with Crippen LogP contribution in [0.4, 0.5) is 0 Å². The van der Waals surface area contributed by atoms with Crippen LogP contribution in [-0.4, -0.2) is 17.5 Å². The summed E-state index contributed by atoms with van der Waals surface area (Å²) in [6.45, 7) is 4.11. The van der Waals surface area contributed by atoms with Gasteiger partial charge in [-0.15, -0.1) is 23.1 Å². The van der Waals surface area contributed by atoms with E-state index in [1.54, 1.807) is 11.8 Å². The molecule has 3 rings (SSSR count). The number of hydrogen-bond donors (Lipinski definition) is 0. The van der Waals surface area contributed by atoms with Gasteiger partial charge in [0.05, 0.1) is 0 Å². The summed E-state index contributed by atoms with van der Waals surface area (Å²) in [5, 5.41) is 11.6. The predicted molar refractivity (Wildman–Crippen MR) is 97.8 cm³/mol. The Hall–Kier alpha value is -2.34. The van der Waals surface area contributed by atoms with Crippen LogP contribution in [0.1, 0.15) is 37.3 Å². The molecule has 0 aromatic heterocycles. The van der Waals surface area contributed by atoms with Crippen molar-refractivity contribution in [3.63, 3.8) is 0 Å². The van der Waals surface area contributed by atoms with Gasteiger partial charge in [-0.3, -0.25) is 10.1 Å². The van der Waals surface area contributed by atoms with E-state index in [0.717, 1.165) is 21.8 Å². The molecule has 1 aliphatic heterocycles. The zero-order valence-electron chi connectivity index (χ0n) is 14.2. The lowest BCUT2D eigenvalue weighted by Gasteiger charge is -2.32. The van der Waals surface area contributed by atoms with Gasteiger partial charge in [0.15, 0.2) is 11.5 Å². The number of nitro groups is 1. The van der Waals surface area contributed by atoms with Crippen molar-refractivity contribution in [1.82, 2.24) is 0 Å². The summed E-state index contributed by atoms with van der Waals surface area (Å²) in [6.07, 6.45) is 0.373. The molecule has 1 heterocycles. The maximum absolute atomic E-state index is 11.6. The maximum atomic E-state index is 11.6. The van der Waals surface area contributed by atoms with Gasteiger partial charge in [0.2, 0.25) is 6.79 Å². The molecule has 0 fully saturated rings. The third-order valence-electron chi connectivity index (χ3n) is 4.18. The number of nitrogens with zero attached hydrogens (tertiary/aromatic N) is 1. The van der Waals surface area contributed by atoms with E-state index in [2.05, 4.69) is 6.92 Å². The largest absolute Gasteiger partial charge is 0.454 e. The fraction of sp³-hybridized carbons (Fsp3) is 0.316. The third kappa shape index (κ3) is 3.69. The van der Waals surface area contributed by atoms with Crippen LogP contribution in [0.15, 0.2) is 47.4 Å². The van der Waals surface area contributed by atoms with E-state index in [-0.39, 0.29) is 17.8 Å². The zero-order valence-corrected chi connectivity index (χ0v) is 15.0. The topological polar surface area (TPSA) is 61.6 Å². The van der Waals surface area contributed by atoms with Gasteiger partial charge in [-0.1, -0.05) is 43.2 Å². The van der Waals surface area contributed by atoms with Gasteiger partial charge in [-0.2, -0.15) is 0 Å². The number of hydrogen-bond acceptors (Lipinski definition) is 5. The third-order valence-corrected chi connectivity index (χ3v) is 5.08. The van der Waals surface area contributed by atoms with Gasteiger partial charge in [-0.05, 0) is 42.0 Å². The van der Waals surface area contributed by atoms with E-state index in [0.29, 0.717) is 17.9 Å². The highest BCUT2D eigenvalue weighted by Crippen LogP contribution is 2.41. The maximum Gasteiger partial charge on any atom is 0.231 e. The first kappa shape index (κ1) is 17.5. The first-order valence-corrected chi connectivity index (χ1v) is 9.25. The minimum Gasteiger partial charge on any atom is -0.454 e. The van der Waals surface area contributed by atoms with E-state index in [9.17, 15) is 10.1 Å². The molecule has 0 saturated heterocycles. The van der Waals surface area contributed by atoms with Crippen molar-refractivity contribution in [3.8, 4) is 11.5 Å². The van der Waals surface area contributed by atoms with Crippen molar-refractivity contribution in [2.45, 2.75) is 31.1 Å². The summed E-state index contributed by atoms with van der Waals surface area (Å²) in [5.74, 6) is 1.90. The Morgan fingerprint density at radius 3 is 2.44 bits per heavy atom. The van der Waals surface area contributed by atoms with Gasteiger partial charge < -0.3 is 9.47 Å². The van der Waals surface area contributed by atoms with Gasteiger partial charge in [0.25, 0.3) is 0 Å². The molecule has 1 unspecified atom stereocenters. The highest BCUT2D eigenvalue weighted by atomic mass is 32.2. The molecule has 1 atom stereocenters. The minimum atomic E-state index is -0.407. The Morgan fingerprint density at radius 1 is 1.12 bits per heavy atom. The SMILES string of the molecule is CCSc1ccc(C(c2ccc3c(c2)OCO3)[C-](CC)[N+](=O)[O-])cc1. The molecular formula is C19H20NO4S-. The number of benzene rings is 2. The Kier molecular flexibility index (Phi) is 5.38. The minimum absolute atomic E-state index is 0.186. The van der Waals surface area contributed by atoms with E-state index < -0.39 is 5.92 Å². The summed E-state index contributed by atoms with van der Waals surface area (Å²) >= 11 is 1.75. The van der Waals surface area contributed by atoms with Crippen LogP contribution < -0.4 is 9.47 Å². The average Bonchev–Trinajstić information content (AvgIpc) is 3.08. The summed E-state index contributed by atoms with van der Waals surface area (Å²) in [6, 6.07) is 13.8. The first-order valence-electron chi connectivity index (χ1n) is 8.26. The van der Waals surface area contributed by atoms with Crippen molar-refractivity contribution in [1.29, 1.82) is 0 Å². The normalized spacial score (nSPS) is 13.5. The van der Waals surface area contributed by atoms with Crippen molar-refractivity contribution < 1.29 is 14.4 Å². The molecule has 2 aromatic rings. The quantitative estimate of drug-likeness (QED) is 0.306. The van der Waals surface area contributed by atoms with Crippen molar-refractivity contribution >= 4 is 11.8 Å². The van der Waals surface area contributed by atoms with E-state index in [1.807, 2.05) is 49.4 Å². The number of ether oxygens (including phenoxy) is 2. The summed E-state index contributed by atoms with van der Waals surface area (Å²) in [7, 11) is 0. The fourth-order valence-corrected chi connectivity index (χ4v) is 3.69. The van der Waals surface area contributed by atoms with Crippen molar-refractivity contribution in [2.75, 3.05) is 12.5 Å². The van der Waals surface area contributed by atoms with Gasteiger partial charge in [-0.25, -0.2) is 0 Å². The second-order valence-corrected chi connectivity index (χ2v) is 6.99. The highest BCUT2D eigenvalue weighted by molar-refractivity contribution is 7.99. The second kappa shape index (κ2) is 7.70. The van der Waals surface area contributed by atoms with Gasteiger partial charge >= 0.3 is 0 Å². The molecule has 0 bridgehead atoms. The summed E-state index contributed by atoms with van der Waals surface area (Å²) < 4.78 is 10.8. The Balaban J connectivity index is 2.01. The molecular weight excluding hydrogens is 338 g/mol. The fourth-order valence-electron chi connectivity index (χ4n) is 3.03. The smallest absolute Gasteiger partial charge is 0.231 e. The second-order valence-electron chi connectivity index (χ2n) is 5.65. The first-order chi connectivity index (χ1) is 12.1. The summed E-state index contributed by atoms with van der Waals surface area (Å²) in [5.41, 5.74) is 1.75. The lowest BCUT2D eigenvalue weighted by Crippen LogP contribution is -2.19. The zero-order chi connectivity index (χ0) is 17.8. The van der Waals surface area contributed by atoms with Gasteiger partial charge in [0, 0.05) is 4.90 Å². The Morgan fingerprint density at radius 2 is 1.80 bits per heavy atom. The Bertz CT molecular complexity index is 748. The van der Waals surface area contributed by atoms with Crippen LogP contribution in [0.25, 0.3) is 0 Å². The standard InChI is InChI=1S/C19H20NO4S/c1-3-16(20(21)22)19(13-5-8-15(9-6-13)25-4-2)14-7-10-17-18(11-14)24-12-23-17/h5-11,19H,3-4,12H2,1-2H3/q-1. The predicted octanol–water partition coefficient (Wildman–Crippen LogP) is 4.88. The molecule has 0 radical (unpaired) electrons. The van der Waals surface area contributed by atoms with E-state index in [1.165, 1.54) is 0 Å². The molecule has 2 aromatic carbocycles. The monoisotopic (exact) mass is 358 g/mol. The van der Waals surface area contributed by atoms with Crippen LogP contribution >= 0.6 is 11.8 Å². The van der Waals surface area contributed by atoms with E-state index >= 15 is 0 Å². The molecule has 6 heteroatoms. The number of fused-ring (bicyclic) bond motifs is 1. The lowest BCUT2D eigenvalue weighted by molar-refractivity contribution is -0.471. The summed E-state index contributed by atoms with van der Waals surface area (Å²) in [4.78, 5) is 12.5. The van der Waals surface area contributed by atoms with Gasteiger partial charge in [0.1, 0.15) is 0 Å². The molecule has 5 nitrogen and oxygen atoms in total. The molecule has 0 aliphatic carbocycles. The molecule has 25 heavy (non-hydrogen) atoms. The van der Waals surface area contributed by atoms with Crippen LogP contribution in [0.3, 0.4) is 0 Å². The van der Waals surface area contributed by atoms with Crippen LogP contribution in [0.5, 0.6) is 11.5 Å². The molecule has 0 N–H and O–H groups in total. The van der Waals surface area contributed by atoms with Crippen LogP contribution in [-0.2, 0) is 0 Å². The van der Waals surface area contributed by atoms with Crippen LogP contribution in [0, 0.1) is 16.2 Å². The van der Waals surface area contributed by atoms with Crippen molar-refractivity contribution in [3.05, 3.63) is 69.7 Å². The van der Waals surface area contributed by atoms with Crippen LogP contribution in [0.2, 0.25) is 0 Å². The average molecular weight is 358 g/mol. The number of rotatable bonds is 7. The number of thioether (sulfide) groups is 1. The highest BCUT2D eigenvalue weighted by Gasteiger charge is 2.23. The molecule has 0 spiro atoms. The Labute approximate surface area is 151 Å².